The van der Waals surface area contributed by atoms with Gasteiger partial charge >= 0.3 is 0 Å². The Balaban J connectivity index is 1.90. The van der Waals surface area contributed by atoms with Crippen LogP contribution in [0.5, 0.6) is 0 Å². The first-order valence-electron chi connectivity index (χ1n) is 8.46. The predicted octanol–water partition coefficient (Wildman–Crippen LogP) is 5.67. The van der Waals surface area contributed by atoms with Crippen molar-refractivity contribution in [2.45, 2.75) is 25.7 Å². The molecule has 0 radical (unpaired) electrons. The molecule has 0 aliphatic heterocycles. The molecule has 1 atom stereocenters. The van der Waals surface area contributed by atoms with Crippen molar-refractivity contribution in [1.82, 2.24) is 0 Å². The normalized spacial score (nSPS) is 21.5. The Labute approximate surface area is 130 Å². The van der Waals surface area contributed by atoms with Gasteiger partial charge in [-0.2, -0.15) is 0 Å². The van der Waals surface area contributed by atoms with Crippen LogP contribution in [0.2, 0.25) is 0 Å². The first kappa shape index (κ1) is 11.4. The maximum atomic E-state index is 2.48. The third-order valence-corrected chi connectivity index (χ3v) is 5.94. The maximum absolute atomic E-state index is 2.48. The molecule has 0 N–H and O–H groups in total. The number of hydrogen-bond acceptors (Lipinski definition) is 0. The topological polar surface area (TPSA) is 0 Å². The van der Waals surface area contributed by atoms with Crippen LogP contribution in [0.1, 0.15) is 36.0 Å². The van der Waals surface area contributed by atoms with Crippen molar-refractivity contribution in [1.29, 1.82) is 0 Å². The van der Waals surface area contributed by atoms with Gasteiger partial charge in [-0.05, 0) is 56.0 Å². The van der Waals surface area contributed by atoms with Gasteiger partial charge in [-0.1, -0.05) is 12.1 Å². The summed E-state index contributed by atoms with van der Waals surface area (Å²) in [6.45, 7) is 0. The van der Waals surface area contributed by atoms with Gasteiger partial charge in [0, 0.05) is 33.9 Å². The van der Waals surface area contributed by atoms with E-state index in [1.54, 1.807) is 28.0 Å². The maximum Gasteiger partial charge on any atom is 0.117 e. The van der Waals surface area contributed by atoms with Crippen molar-refractivity contribution >= 4 is 27.6 Å². The Bertz CT molecular complexity index is 990. The molecule has 0 amide bonds. The summed E-state index contributed by atoms with van der Waals surface area (Å²) in [6, 6.07) is 16.1. The van der Waals surface area contributed by atoms with Crippen molar-refractivity contribution in [3.05, 3.63) is 70.6 Å². The summed E-state index contributed by atoms with van der Waals surface area (Å²) in [5.74, 6) is 2.44. The highest BCUT2D eigenvalue weighted by molar-refractivity contribution is 6.11. The van der Waals surface area contributed by atoms with E-state index in [1.165, 1.54) is 47.4 Å². The third-order valence-electron chi connectivity index (χ3n) is 5.94. The molecule has 0 aromatic heterocycles. The van der Waals surface area contributed by atoms with Crippen LogP contribution in [0.15, 0.2) is 48.0 Å². The molecule has 104 valence electrons. The molecule has 0 spiro atoms. The Morgan fingerprint density at radius 1 is 0.955 bits per heavy atom. The molecular formula is C22H17+. The number of benzene rings is 3. The highest BCUT2D eigenvalue weighted by atomic mass is 14.4. The summed E-state index contributed by atoms with van der Waals surface area (Å²) in [5.41, 5.74) is 6.22. The summed E-state index contributed by atoms with van der Waals surface area (Å²) in [7, 11) is 0. The first-order chi connectivity index (χ1) is 10.9. The molecule has 3 aromatic carbocycles. The molecule has 22 heavy (non-hydrogen) atoms. The highest BCUT2D eigenvalue weighted by Gasteiger charge is 2.44. The quantitative estimate of drug-likeness (QED) is 0.368. The minimum atomic E-state index is 0.747. The molecular weight excluding hydrogens is 264 g/mol. The Kier molecular flexibility index (Phi) is 1.94. The van der Waals surface area contributed by atoms with E-state index in [9.17, 15) is 0 Å². The molecule has 3 aliphatic rings. The van der Waals surface area contributed by atoms with Crippen molar-refractivity contribution in [2.75, 3.05) is 0 Å². The van der Waals surface area contributed by atoms with Crippen LogP contribution in [0.25, 0.3) is 27.6 Å². The average Bonchev–Trinajstić information content (AvgIpc) is 2.55. The van der Waals surface area contributed by atoms with Gasteiger partial charge in [-0.25, -0.2) is 0 Å². The lowest BCUT2D eigenvalue weighted by Crippen LogP contribution is -2.28. The molecule has 1 saturated carbocycles. The van der Waals surface area contributed by atoms with E-state index in [1.807, 2.05) is 0 Å². The zero-order valence-corrected chi connectivity index (χ0v) is 12.5. The van der Waals surface area contributed by atoms with Crippen LogP contribution >= 0.6 is 0 Å². The van der Waals surface area contributed by atoms with E-state index in [0.29, 0.717) is 0 Å². The van der Waals surface area contributed by atoms with Crippen LogP contribution < -0.4 is 0 Å². The summed E-state index contributed by atoms with van der Waals surface area (Å²) in [4.78, 5) is 0. The van der Waals surface area contributed by atoms with E-state index >= 15 is 0 Å². The lowest BCUT2D eigenvalue weighted by molar-refractivity contribution is 0.456. The minimum Gasteiger partial charge on any atom is -0.0596 e. The van der Waals surface area contributed by atoms with Crippen molar-refractivity contribution < 1.29 is 0 Å². The molecule has 0 nitrogen and oxygen atoms in total. The van der Waals surface area contributed by atoms with Gasteiger partial charge in [-0.3, -0.25) is 0 Å². The fourth-order valence-electron chi connectivity index (χ4n) is 5.15. The monoisotopic (exact) mass is 281 g/mol. The molecule has 0 heteroatoms. The van der Waals surface area contributed by atoms with Crippen molar-refractivity contribution in [3.8, 4) is 0 Å². The second-order valence-electron chi connectivity index (χ2n) is 7.09. The zero-order valence-electron chi connectivity index (χ0n) is 12.5. The third kappa shape index (κ3) is 1.23. The number of hydrogen-bond donors (Lipinski definition) is 0. The van der Waals surface area contributed by atoms with Gasteiger partial charge < -0.3 is 0 Å². The van der Waals surface area contributed by atoms with Crippen LogP contribution in [-0.2, 0) is 6.42 Å². The van der Waals surface area contributed by atoms with Gasteiger partial charge in [0.2, 0.25) is 0 Å². The summed E-state index contributed by atoms with van der Waals surface area (Å²) in [5, 5.41) is 5.88. The van der Waals surface area contributed by atoms with E-state index < -0.39 is 0 Å². The highest BCUT2D eigenvalue weighted by Crippen LogP contribution is 2.54. The fraction of sp³-hybridized carbons (Fsp3) is 0.227. The van der Waals surface area contributed by atoms with Gasteiger partial charge in [0.15, 0.2) is 0 Å². The molecule has 6 rings (SSSR count). The fourth-order valence-corrected chi connectivity index (χ4v) is 5.15. The van der Waals surface area contributed by atoms with Crippen molar-refractivity contribution in [3.63, 3.8) is 0 Å². The van der Waals surface area contributed by atoms with E-state index in [2.05, 4.69) is 48.5 Å². The van der Waals surface area contributed by atoms with Crippen LogP contribution in [-0.4, -0.2) is 0 Å². The second-order valence-corrected chi connectivity index (χ2v) is 7.09. The Morgan fingerprint density at radius 3 is 2.77 bits per heavy atom. The summed E-state index contributed by atoms with van der Waals surface area (Å²) < 4.78 is 0. The molecule has 3 aromatic rings. The van der Waals surface area contributed by atoms with Gasteiger partial charge in [-0.15, -0.1) is 0 Å². The standard InChI is InChI=1S/C22H17/c1-4-13-10-15-6-2-8-17-12-18-9-3-7-16-11-14(5-1)19(13)22(20(15)17)21(16)18/h1-2,4-6,8,10-11,18H,3,7,9,12H2/q+1. The molecule has 1 fully saturated rings. The Morgan fingerprint density at radius 2 is 1.82 bits per heavy atom. The van der Waals surface area contributed by atoms with E-state index in [4.69, 9.17) is 0 Å². The smallest absolute Gasteiger partial charge is 0.0596 e. The second kappa shape index (κ2) is 3.76. The summed E-state index contributed by atoms with van der Waals surface area (Å²) >= 11 is 0. The largest absolute Gasteiger partial charge is 0.117 e. The average molecular weight is 281 g/mol. The molecule has 0 heterocycles. The lowest BCUT2D eigenvalue weighted by atomic mass is 9.62. The molecule has 0 saturated heterocycles. The van der Waals surface area contributed by atoms with Crippen molar-refractivity contribution in [2.24, 2.45) is 5.92 Å². The molecule has 1 unspecified atom stereocenters. The molecule has 3 aliphatic carbocycles. The van der Waals surface area contributed by atoms with Crippen LogP contribution in [0, 0.1) is 11.8 Å². The van der Waals surface area contributed by atoms with Crippen LogP contribution in [0.4, 0.5) is 0 Å². The SMILES string of the molecule is C1=C2CCCC3Cc4cccc5cc6cccc1c6c(c45)[C+]23. The lowest BCUT2D eigenvalue weighted by Gasteiger charge is -2.36. The van der Waals surface area contributed by atoms with Gasteiger partial charge in [0.1, 0.15) is 5.56 Å². The minimum absolute atomic E-state index is 0.747. The molecule has 0 bridgehead atoms. The predicted molar refractivity (Wildman–Crippen MR) is 92.8 cm³/mol. The number of allylic oxidation sites excluding steroid dienone is 1. The zero-order chi connectivity index (χ0) is 14.3. The van der Waals surface area contributed by atoms with Crippen LogP contribution in [0.3, 0.4) is 0 Å². The first-order valence-corrected chi connectivity index (χ1v) is 8.46. The van der Waals surface area contributed by atoms with Gasteiger partial charge in [0.05, 0.1) is 22.3 Å². The van der Waals surface area contributed by atoms with E-state index in [-0.39, 0.29) is 0 Å². The van der Waals surface area contributed by atoms with E-state index in [0.717, 1.165) is 5.92 Å². The number of rotatable bonds is 0. The summed E-state index contributed by atoms with van der Waals surface area (Å²) in [6.07, 6.45) is 7.70. The van der Waals surface area contributed by atoms with Gasteiger partial charge in [0.25, 0.3) is 0 Å². The Hall–Kier alpha value is -2.21.